The molecule has 1 aliphatic heterocycles. The van der Waals surface area contributed by atoms with Crippen LogP contribution in [0.15, 0.2) is 18.2 Å². The summed E-state index contributed by atoms with van der Waals surface area (Å²) in [6.45, 7) is 10.6. The first kappa shape index (κ1) is 15.3. The number of halogens is 1. The van der Waals surface area contributed by atoms with E-state index in [-0.39, 0.29) is 11.9 Å². The zero-order valence-electron chi connectivity index (χ0n) is 13.1. The second-order valence-electron chi connectivity index (χ2n) is 7.09. The Hall–Kier alpha value is -1.09. The van der Waals surface area contributed by atoms with Crippen LogP contribution in [0.3, 0.4) is 0 Å². The standard InChI is InChI=1S/C17H27FN2/c1-12(19)14-6-5-7-15(18)16(14)20-10-8-13(9-11-20)17(2,3)4/h5-7,12-13H,8-11,19H2,1-4H3/t12-/m1/s1. The lowest BCUT2D eigenvalue weighted by Gasteiger charge is -2.40. The average Bonchev–Trinajstić information content (AvgIpc) is 2.37. The van der Waals surface area contributed by atoms with Crippen LogP contribution in [0, 0.1) is 17.2 Å². The fraction of sp³-hybridized carbons (Fsp3) is 0.647. The normalized spacial score (nSPS) is 19.2. The quantitative estimate of drug-likeness (QED) is 0.882. The van der Waals surface area contributed by atoms with Crippen molar-refractivity contribution in [3.63, 3.8) is 0 Å². The van der Waals surface area contributed by atoms with Gasteiger partial charge in [-0.25, -0.2) is 4.39 Å². The number of hydrogen-bond acceptors (Lipinski definition) is 2. The van der Waals surface area contributed by atoms with Crippen LogP contribution in [0.25, 0.3) is 0 Å². The third kappa shape index (κ3) is 3.14. The molecule has 112 valence electrons. The van der Waals surface area contributed by atoms with Gasteiger partial charge in [-0.05, 0) is 42.7 Å². The third-order valence-corrected chi connectivity index (χ3v) is 4.54. The highest BCUT2D eigenvalue weighted by atomic mass is 19.1. The fourth-order valence-electron chi connectivity index (χ4n) is 3.20. The molecule has 1 fully saturated rings. The first-order valence-corrected chi connectivity index (χ1v) is 7.59. The molecule has 2 N–H and O–H groups in total. The van der Waals surface area contributed by atoms with E-state index in [1.165, 1.54) is 6.07 Å². The van der Waals surface area contributed by atoms with Gasteiger partial charge in [-0.3, -0.25) is 0 Å². The molecule has 0 aromatic heterocycles. The predicted molar refractivity (Wildman–Crippen MR) is 83.4 cm³/mol. The molecule has 1 aromatic rings. The Kier molecular flexibility index (Phi) is 4.38. The van der Waals surface area contributed by atoms with Crippen LogP contribution in [0.1, 0.15) is 52.1 Å². The Balaban J connectivity index is 2.19. The van der Waals surface area contributed by atoms with Gasteiger partial charge in [0.2, 0.25) is 0 Å². The monoisotopic (exact) mass is 278 g/mol. The van der Waals surface area contributed by atoms with Crippen LogP contribution in [-0.2, 0) is 0 Å². The number of rotatable bonds is 2. The summed E-state index contributed by atoms with van der Waals surface area (Å²) in [5.41, 5.74) is 7.97. The molecule has 0 amide bonds. The topological polar surface area (TPSA) is 29.3 Å². The Morgan fingerprint density at radius 2 is 1.85 bits per heavy atom. The summed E-state index contributed by atoms with van der Waals surface area (Å²) in [5, 5.41) is 0. The highest BCUT2D eigenvalue weighted by Crippen LogP contribution is 2.37. The van der Waals surface area contributed by atoms with E-state index in [4.69, 9.17) is 5.73 Å². The van der Waals surface area contributed by atoms with Crippen LogP contribution < -0.4 is 10.6 Å². The van der Waals surface area contributed by atoms with Crippen molar-refractivity contribution in [2.45, 2.75) is 46.6 Å². The van der Waals surface area contributed by atoms with Crippen molar-refractivity contribution >= 4 is 5.69 Å². The van der Waals surface area contributed by atoms with Gasteiger partial charge in [-0.1, -0.05) is 32.9 Å². The van der Waals surface area contributed by atoms with Gasteiger partial charge in [0.25, 0.3) is 0 Å². The predicted octanol–water partition coefficient (Wildman–Crippen LogP) is 4.11. The molecule has 0 bridgehead atoms. The molecule has 0 radical (unpaired) electrons. The smallest absolute Gasteiger partial charge is 0.146 e. The molecule has 1 aliphatic rings. The average molecular weight is 278 g/mol. The van der Waals surface area contributed by atoms with E-state index in [2.05, 4.69) is 25.7 Å². The largest absolute Gasteiger partial charge is 0.369 e. The molecule has 1 saturated heterocycles. The SMILES string of the molecule is C[C@@H](N)c1cccc(F)c1N1CCC(C(C)(C)C)CC1. The lowest BCUT2D eigenvalue weighted by atomic mass is 9.75. The summed E-state index contributed by atoms with van der Waals surface area (Å²) in [6.07, 6.45) is 2.24. The van der Waals surface area contributed by atoms with Crippen molar-refractivity contribution in [2.24, 2.45) is 17.1 Å². The number of benzene rings is 1. The Morgan fingerprint density at radius 1 is 1.25 bits per heavy atom. The molecule has 0 aliphatic carbocycles. The molecule has 2 nitrogen and oxygen atoms in total. The van der Waals surface area contributed by atoms with Gasteiger partial charge in [0.05, 0.1) is 5.69 Å². The fourth-order valence-corrected chi connectivity index (χ4v) is 3.20. The molecular formula is C17H27FN2. The molecule has 3 heteroatoms. The Labute approximate surface area is 122 Å². The van der Waals surface area contributed by atoms with Gasteiger partial charge in [-0.15, -0.1) is 0 Å². The van der Waals surface area contributed by atoms with E-state index in [1.807, 2.05) is 13.0 Å². The van der Waals surface area contributed by atoms with Crippen LogP contribution in [0.5, 0.6) is 0 Å². The highest BCUT2D eigenvalue weighted by molar-refractivity contribution is 5.56. The van der Waals surface area contributed by atoms with Gasteiger partial charge >= 0.3 is 0 Å². The zero-order chi connectivity index (χ0) is 14.9. The maximum absolute atomic E-state index is 14.2. The maximum atomic E-state index is 14.2. The van der Waals surface area contributed by atoms with Crippen molar-refractivity contribution in [2.75, 3.05) is 18.0 Å². The van der Waals surface area contributed by atoms with E-state index >= 15 is 0 Å². The first-order chi connectivity index (χ1) is 9.30. The molecule has 1 atom stereocenters. The summed E-state index contributed by atoms with van der Waals surface area (Å²) in [7, 11) is 0. The van der Waals surface area contributed by atoms with Gasteiger partial charge in [-0.2, -0.15) is 0 Å². The van der Waals surface area contributed by atoms with Gasteiger partial charge < -0.3 is 10.6 Å². The molecule has 1 aromatic carbocycles. The van der Waals surface area contributed by atoms with E-state index in [0.717, 1.165) is 37.2 Å². The lowest BCUT2D eigenvalue weighted by molar-refractivity contribution is 0.198. The molecular weight excluding hydrogens is 251 g/mol. The van der Waals surface area contributed by atoms with Crippen molar-refractivity contribution in [1.29, 1.82) is 0 Å². The summed E-state index contributed by atoms with van der Waals surface area (Å²) in [4.78, 5) is 2.18. The van der Waals surface area contributed by atoms with Crippen molar-refractivity contribution in [1.82, 2.24) is 0 Å². The number of piperidine rings is 1. The summed E-state index contributed by atoms with van der Waals surface area (Å²) in [5.74, 6) is 0.568. The zero-order valence-corrected chi connectivity index (χ0v) is 13.1. The summed E-state index contributed by atoms with van der Waals surface area (Å²) >= 11 is 0. The molecule has 0 spiro atoms. The number of nitrogens with zero attached hydrogens (tertiary/aromatic N) is 1. The number of para-hydroxylation sites is 1. The lowest BCUT2D eigenvalue weighted by Crippen LogP contribution is -2.39. The molecule has 2 rings (SSSR count). The first-order valence-electron chi connectivity index (χ1n) is 7.59. The number of hydrogen-bond donors (Lipinski definition) is 1. The van der Waals surface area contributed by atoms with E-state index in [9.17, 15) is 4.39 Å². The Morgan fingerprint density at radius 3 is 2.35 bits per heavy atom. The minimum Gasteiger partial charge on any atom is -0.369 e. The third-order valence-electron chi connectivity index (χ3n) is 4.54. The van der Waals surface area contributed by atoms with E-state index in [0.29, 0.717) is 11.3 Å². The summed E-state index contributed by atoms with van der Waals surface area (Å²) in [6, 6.07) is 5.09. The summed E-state index contributed by atoms with van der Waals surface area (Å²) < 4.78 is 14.2. The van der Waals surface area contributed by atoms with Crippen molar-refractivity contribution in [3.8, 4) is 0 Å². The number of nitrogens with two attached hydrogens (primary N) is 1. The van der Waals surface area contributed by atoms with Crippen LogP contribution >= 0.6 is 0 Å². The minimum atomic E-state index is -0.144. The maximum Gasteiger partial charge on any atom is 0.146 e. The molecule has 0 saturated carbocycles. The second-order valence-corrected chi connectivity index (χ2v) is 7.09. The van der Waals surface area contributed by atoms with Crippen LogP contribution in [0.4, 0.5) is 10.1 Å². The van der Waals surface area contributed by atoms with Gasteiger partial charge in [0.15, 0.2) is 0 Å². The highest BCUT2D eigenvalue weighted by Gasteiger charge is 2.30. The minimum absolute atomic E-state index is 0.138. The molecule has 1 heterocycles. The van der Waals surface area contributed by atoms with Gasteiger partial charge in [0, 0.05) is 19.1 Å². The van der Waals surface area contributed by atoms with E-state index < -0.39 is 0 Å². The van der Waals surface area contributed by atoms with Crippen molar-refractivity contribution in [3.05, 3.63) is 29.6 Å². The van der Waals surface area contributed by atoms with Crippen LogP contribution in [-0.4, -0.2) is 13.1 Å². The molecule has 0 unspecified atom stereocenters. The van der Waals surface area contributed by atoms with Gasteiger partial charge in [0.1, 0.15) is 5.82 Å². The van der Waals surface area contributed by atoms with E-state index in [1.54, 1.807) is 6.07 Å². The Bertz CT molecular complexity index is 455. The van der Waals surface area contributed by atoms with Crippen molar-refractivity contribution < 1.29 is 4.39 Å². The number of anilines is 1. The van der Waals surface area contributed by atoms with Crippen LogP contribution in [0.2, 0.25) is 0 Å². The molecule has 20 heavy (non-hydrogen) atoms. The second kappa shape index (κ2) is 5.72.